The molecule has 0 atom stereocenters. The van der Waals surface area contributed by atoms with Crippen molar-refractivity contribution in [2.24, 2.45) is 0 Å². The van der Waals surface area contributed by atoms with E-state index in [1.807, 2.05) is 6.07 Å². The number of amides is 2. The van der Waals surface area contributed by atoms with Crippen molar-refractivity contribution in [3.8, 4) is 0 Å². The summed E-state index contributed by atoms with van der Waals surface area (Å²) in [6.45, 7) is 0.286. The maximum atomic E-state index is 12.3. The number of hydrogen-bond acceptors (Lipinski definition) is 5. The zero-order valence-electron chi connectivity index (χ0n) is 13.9. The first kappa shape index (κ1) is 17.3. The van der Waals surface area contributed by atoms with Crippen molar-refractivity contribution in [1.82, 2.24) is 25.6 Å². The Kier molecular flexibility index (Phi) is 5.33. The Hall–Kier alpha value is -3.55. The lowest BCUT2D eigenvalue weighted by molar-refractivity contribution is -0.121. The van der Waals surface area contributed by atoms with Crippen LogP contribution in [0.1, 0.15) is 10.4 Å². The van der Waals surface area contributed by atoms with Crippen LogP contribution in [-0.2, 0) is 11.3 Å². The molecule has 2 aromatic carbocycles. The van der Waals surface area contributed by atoms with Gasteiger partial charge in [-0.05, 0) is 24.3 Å². The van der Waals surface area contributed by atoms with Crippen LogP contribution < -0.4 is 16.2 Å². The SMILES string of the molecule is O=C(Cn1nnc2ccccc2c1=O)NCCNC(=O)c1ccccc1. The molecule has 0 saturated carbocycles. The molecule has 0 bridgehead atoms. The van der Waals surface area contributed by atoms with E-state index in [0.29, 0.717) is 16.5 Å². The number of carbonyl (C=O) groups is 2. The Morgan fingerprint density at radius 1 is 0.923 bits per heavy atom. The van der Waals surface area contributed by atoms with E-state index in [9.17, 15) is 14.4 Å². The molecule has 0 fully saturated rings. The number of benzene rings is 2. The van der Waals surface area contributed by atoms with Gasteiger partial charge in [-0.3, -0.25) is 14.4 Å². The van der Waals surface area contributed by atoms with Crippen LogP contribution in [0.25, 0.3) is 10.9 Å². The first-order chi connectivity index (χ1) is 12.6. The largest absolute Gasteiger partial charge is 0.353 e. The first-order valence-electron chi connectivity index (χ1n) is 8.07. The minimum Gasteiger partial charge on any atom is -0.353 e. The topological polar surface area (TPSA) is 106 Å². The van der Waals surface area contributed by atoms with Crippen LogP contribution in [0.15, 0.2) is 59.4 Å². The Morgan fingerprint density at radius 3 is 2.42 bits per heavy atom. The molecule has 1 heterocycles. The monoisotopic (exact) mass is 351 g/mol. The quantitative estimate of drug-likeness (QED) is 0.623. The maximum absolute atomic E-state index is 12.3. The number of nitrogens with zero attached hydrogens (tertiary/aromatic N) is 3. The van der Waals surface area contributed by atoms with Gasteiger partial charge in [0.15, 0.2) is 0 Å². The highest BCUT2D eigenvalue weighted by molar-refractivity contribution is 5.94. The van der Waals surface area contributed by atoms with Gasteiger partial charge >= 0.3 is 0 Å². The van der Waals surface area contributed by atoms with Gasteiger partial charge in [0.05, 0.1) is 5.39 Å². The number of carbonyl (C=O) groups excluding carboxylic acids is 2. The van der Waals surface area contributed by atoms with Crippen molar-refractivity contribution in [2.45, 2.75) is 6.54 Å². The van der Waals surface area contributed by atoms with Gasteiger partial charge in [-0.25, -0.2) is 4.68 Å². The molecule has 132 valence electrons. The fourth-order valence-corrected chi connectivity index (χ4v) is 2.39. The second-order valence-corrected chi connectivity index (χ2v) is 5.54. The van der Waals surface area contributed by atoms with Crippen LogP contribution in [0.4, 0.5) is 0 Å². The molecule has 3 aromatic rings. The predicted molar refractivity (Wildman–Crippen MR) is 95.6 cm³/mol. The van der Waals surface area contributed by atoms with E-state index in [-0.39, 0.29) is 37.0 Å². The van der Waals surface area contributed by atoms with Crippen molar-refractivity contribution in [2.75, 3.05) is 13.1 Å². The predicted octanol–water partition coefficient (Wildman–Crippen LogP) is 0.338. The third-order valence-electron chi connectivity index (χ3n) is 3.69. The molecule has 0 saturated heterocycles. The summed E-state index contributed by atoms with van der Waals surface area (Å²) in [5, 5.41) is 13.4. The lowest BCUT2D eigenvalue weighted by Gasteiger charge is -2.08. The van der Waals surface area contributed by atoms with E-state index in [2.05, 4.69) is 20.9 Å². The molecule has 0 radical (unpaired) electrons. The third-order valence-corrected chi connectivity index (χ3v) is 3.69. The highest BCUT2D eigenvalue weighted by Crippen LogP contribution is 2.03. The van der Waals surface area contributed by atoms with Gasteiger partial charge in [0.1, 0.15) is 12.1 Å². The molecule has 0 aliphatic heterocycles. The van der Waals surface area contributed by atoms with E-state index in [0.717, 1.165) is 4.68 Å². The van der Waals surface area contributed by atoms with E-state index in [1.54, 1.807) is 48.5 Å². The van der Waals surface area contributed by atoms with Crippen LogP contribution >= 0.6 is 0 Å². The molecule has 0 spiro atoms. The average Bonchev–Trinajstić information content (AvgIpc) is 2.68. The Labute approximate surface area is 148 Å². The van der Waals surface area contributed by atoms with E-state index < -0.39 is 0 Å². The summed E-state index contributed by atoms with van der Waals surface area (Å²) in [6.07, 6.45) is 0. The maximum Gasteiger partial charge on any atom is 0.278 e. The highest BCUT2D eigenvalue weighted by atomic mass is 16.2. The molecule has 1 aromatic heterocycles. The minimum absolute atomic E-state index is 0.212. The molecule has 2 N–H and O–H groups in total. The normalized spacial score (nSPS) is 10.5. The zero-order chi connectivity index (χ0) is 18.4. The fraction of sp³-hybridized carbons (Fsp3) is 0.167. The van der Waals surface area contributed by atoms with Gasteiger partial charge in [-0.2, -0.15) is 0 Å². The van der Waals surface area contributed by atoms with Gasteiger partial charge in [-0.15, -0.1) is 5.10 Å². The molecule has 0 unspecified atom stereocenters. The minimum atomic E-state index is -0.384. The fourth-order valence-electron chi connectivity index (χ4n) is 2.39. The second kappa shape index (κ2) is 8.02. The molecular weight excluding hydrogens is 334 g/mol. The van der Waals surface area contributed by atoms with E-state index >= 15 is 0 Å². The van der Waals surface area contributed by atoms with Crippen molar-refractivity contribution in [1.29, 1.82) is 0 Å². The molecule has 0 aliphatic carbocycles. The summed E-state index contributed by atoms with van der Waals surface area (Å²) in [5.74, 6) is -0.595. The van der Waals surface area contributed by atoms with Gasteiger partial charge in [-0.1, -0.05) is 35.5 Å². The number of hydrogen-bond donors (Lipinski definition) is 2. The molecule has 2 amide bonds. The van der Waals surface area contributed by atoms with Crippen molar-refractivity contribution < 1.29 is 9.59 Å². The Bertz CT molecular complexity index is 985. The van der Waals surface area contributed by atoms with Gasteiger partial charge in [0.25, 0.3) is 11.5 Å². The second-order valence-electron chi connectivity index (χ2n) is 5.54. The van der Waals surface area contributed by atoms with Crippen molar-refractivity contribution in [3.05, 3.63) is 70.5 Å². The van der Waals surface area contributed by atoms with Crippen LogP contribution in [0.3, 0.4) is 0 Å². The summed E-state index contributed by atoms with van der Waals surface area (Å²) < 4.78 is 1.01. The number of nitrogens with one attached hydrogen (secondary N) is 2. The Balaban J connectivity index is 1.50. The number of aromatic nitrogens is 3. The highest BCUT2D eigenvalue weighted by Gasteiger charge is 2.09. The standard InChI is InChI=1S/C18H17N5O3/c24-16(19-10-11-20-17(25)13-6-2-1-3-7-13)12-23-18(26)14-8-4-5-9-15(14)21-22-23/h1-9H,10-12H2,(H,19,24)(H,20,25). The summed E-state index contributed by atoms with van der Waals surface area (Å²) in [6, 6.07) is 15.6. The summed E-state index contributed by atoms with van der Waals surface area (Å²) in [4.78, 5) is 36.1. The molecule has 26 heavy (non-hydrogen) atoms. The number of rotatable bonds is 6. The van der Waals surface area contributed by atoms with E-state index in [1.165, 1.54) is 0 Å². The zero-order valence-corrected chi connectivity index (χ0v) is 13.9. The third kappa shape index (κ3) is 4.10. The summed E-state index contributed by atoms with van der Waals surface area (Å²) in [7, 11) is 0. The van der Waals surface area contributed by atoms with Gasteiger partial charge in [0, 0.05) is 18.7 Å². The first-order valence-corrected chi connectivity index (χ1v) is 8.07. The van der Waals surface area contributed by atoms with Crippen LogP contribution in [0.2, 0.25) is 0 Å². The van der Waals surface area contributed by atoms with Crippen molar-refractivity contribution in [3.63, 3.8) is 0 Å². The Morgan fingerprint density at radius 2 is 1.62 bits per heavy atom. The lowest BCUT2D eigenvalue weighted by atomic mass is 10.2. The van der Waals surface area contributed by atoms with Crippen LogP contribution in [0.5, 0.6) is 0 Å². The number of fused-ring (bicyclic) bond motifs is 1. The summed E-state index contributed by atoms with van der Waals surface area (Å²) >= 11 is 0. The molecule has 8 heteroatoms. The lowest BCUT2D eigenvalue weighted by Crippen LogP contribution is -2.38. The van der Waals surface area contributed by atoms with Crippen LogP contribution in [-0.4, -0.2) is 39.9 Å². The van der Waals surface area contributed by atoms with Gasteiger partial charge < -0.3 is 10.6 Å². The molecule has 3 rings (SSSR count). The average molecular weight is 351 g/mol. The molecule has 8 nitrogen and oxygen atoms in total. The van der Waals surface area contributed by atoms with E-state index in [4.69, 9.17) is 0 Å². The smallest absolute Gasteiger partial charge is 0.278 e. The van der Waals surface area contributed by atoms with Crippen molar-refractivity contribution >= 4 is 22.7 Å². The van der Waals surface area contributed by atoms with Gasteiger partial charge in [0.2, 0.25) is 5.91 Å². The summed E-state index contributed by atoms with van der Waals surface area (Å²) in [5.41, 5.74) is 0.665. The molecule has 0 aliphatic rings. The van der Waals surface area contributed by atoms with Crippen LogP contribution in [0, 0.1) is 0 Å². The molecular formula is C18H17N5O3.